The van der Waals surface area contributed by atoms with Crippen molar-refractivity contribution < 1.29 is 9.53 Å². The third kappa shape index (κ3) is 3.16. The summed E-state index contributed by atoms with van der Waals surface area (Å²) in [4.78, 5) is 12.7. The van der Waals surface area contributed by atoms with Gasteiger partial charge in [0.05, 0.1) is 4.99 Å². The van der Waals surface area contributed by atoms with Crippen LogP contribution in [-0.2, 0) is 9.53 Å². The van der Waals surface area contributed by atoms with Crippen molar-refractivity contribution in [2.24, 2.45) is 11.1 Å². The van der Waals surface area contributed by atoms with Gasteiger partial charge in [0.1, 0.15) is 5.41 Å². The molecule has 98 valence electrons. The number of nitrogens with one attached hydrogen (secondary N) is 1. The number of ether oxygens (including phenoxy) is 1. The van der Waals surface area contributed by atoms with Crippen LogP contribution < -0.4 is 11.1 Å². The summed E-state index contributed by atoms with van der Waals surface area (Å²) in [6, 6.07) is 0.205. The Bertz CT molecular complexity index is 284. The molecule has 0 unspecified atom stereocenters. The van der Waals surface area contributed by atoms with E-state index in [0.717, 1.165) is 12.8 Å². The van der Waals surface area contributed by atoms with Gasteiger partial charge in [-0.15, -0.1) is 0 Å². The molecule has 0 atom stereocenters. The Kier molecular flexibility index (Phi) is 5.33. The molecule has 0 radical (unpaired) electrons. The zero-order valence-corrected chi connectivity index (χ0v) is 11.4. The van der Waals surface area contributed by atoms with Crippen molar-refractivity contribution in [3.05, 3.63) is 0 Å². The average Bonchev–Trinajstić information content (AvgIpc) is 2.36. The molecule has 5 heteroatoms. The fraction of sp³-hybridized carbons (Fsp3) is 0.833. The minimum absolute atomic E-state index is 0.0259. The second kappa shape index (κ2) is 6.31. The van der Waals surface area contributed by atoms with Crippen LogP contribution in [0, 0.1) is 5.41 Å². The largest absolute Gasteiger partial charge is 0.392 e. The summed E-state index contributed by atoms with van der Waals surface area (Å²) in [6.45, 7) is 5.22. The molecule has 0 aromatic heterocycles. The van der Waals surface area contributed by atoms with Crippen molar-refractivity contribution in [1.29, 1.82) is 0 Å². The third-order valence-electron chi connectivity index (χ3n) is 3.57. The van der Waals surface area contributed by atoms with Crippen molar-refractivity contribution in [3.8, 4) is 0 Å². The molecule has 0 saturated carbocycles. The van der Waals surface area contributed by atoms with Crippen LogP contribution in [0.15, 0.2) is 0 Å². The van der Waals surface area contributed by atoms with E-state index in [9.17, 15) is 4.79 Å². The maximum absolute atomic E-state index is 12.4. The Balaban J connectivity index is 2.76. The first-order chi connectivity index (χ1) is 8.06. The lowest BCUT2D eigenvalue weighted by Gasteiger charge is -2.35. The Morgan fingerprint density at radius 3 is 2.35 bits per heavy atom. The van der Waals surface area contributed by atoms with Gasteiger partial charge in [-0.2, -0.15) is 0 Å². The molecule has 0 aromatic rings. The van der Waals surface area contributed by atoms with Gasteiger partial charge < -0.3 is 15.8 Å². The van der Waals surface area contributed by atoms with Crippen molar-refractivity contribution in [1.82, 2.24) is 5.32 Å². The van der Waals surface area contributed by atoms with Gasteiger partial charge in [0.2, 0.25) is 5.91 Å². The topological polar surface area (TPSA) is 64.4 Å². The van der Waals surface area contributed by atoms with Crippen LogP contribution in [-0.4, -0.2) is 30.2 Å². The molecule has 0 aromatic carbocycles. The van der Waals surface area contributed by atoms with Gasteiger partial charge in [-0.3, -0.25) is 4.79 Å². The average molecular weight is 258 g/mol. The van der Waals surface area contributed by atoms with Crippen molar-refractivity contribution in [2.75, 3.05) is 13.2 Å². The molecule has 1 aliphatic heterocycles. The Labute approximate surface area is 108 Å². The van der Waals surface area contributed by atoms with Crippen molar-refractivity contribution >= 4 is 23.1 Å². The summed E-state index contributed by atoms with van der Waals surface area (Å²) in [5.41, 5.74) is 5.08. The molecule has 1 saturated heterocycles. The predicted molar refractivity (Wildman–Crippen MR) is 71.8 cm³/mol. The van der Waals surface area contributed by atoms with Gasteiger partial charge in [-0.05, 0) is 25.7 Å². The molecule has 0 bridgehead atoms. The number of hydrogen-bond donors (Lipinski definition) is 2. The molecule has 1 fully saturated rings. The van der Waals surface area contributed by atoms with Crippen LogP contribution in [0.25, 0.3) is 0 Å². The van der Waals surface area contributed by atoms with Crippen molar-refractivity contribution in [2.45, 2.75) is 45.6 Å². The molecular weight excluding hydrogens is 236 g/mol. The zero-order chi connectivity index (χ0) is 12.9. The number of carbonyl (C=O) groups excluding carboxylic acids is 1. The summed E-state index contributed by atoms with van der Waals surface area (Å²) in [7, 11) is 0. The van der Waals surface area contributed by atoms with E-state index in [2.05, 4.69) is 19.2 Å². The molecule has 1 amide bonds. The lowest BCUT2D eigenvalue weighted by Crippen LogP contribution is -2.53. The molecule has 3 N–H and O–H groups in total. The Morgan fingerprint density at radius 1 is 1.41 bits per heavy atom. The second-order valence-electron chi connectivity index (χ2n) is 4.55. The highest BCUT2D eigenvalue weighted by atomic mass is 32.1. The molecule has 1 aliphatic rings. The molecular formula is C12H22N2O2S. The zero-order valence-electron chi connectivity index (χ0n) is 10.6. The van der Waals surface area contributed by atoms with E-state index in [1.165, 1.54) is 0 Å². The summed E-state index contributed by atoms with van der Waals surface area (Å²) in [6.07, 6.45) is 3.03. The fourth-order valence-electron chi connectivity index (χ4n) is 2.12. The first kappa shape index (κ1) is 14.4. The quantitative estimate of drug-likeness (QED) is 0.731. The Morgan fingerprint density at radius 2 is 1.94 bits per heavy atom. The smallest absolute Gasteiger partial charge is 0.233 e. The maximum atomic E-state index is 12.4. The maximum Gasteiger partial charge on any atom is 0.233 e. The highest BCUT2D eigenvalue weighted by Gasteiger charge is 2.43. The van der Waals surface area contributed by atoms with Crippen LogP contribution in [0.4, 0.5) is 0 Å². The molecule has 1 rings (SSSR count). The van der Waals surface area contributed by atoms with Crippen LogP contribution in [0.2, 0.25) is 0 Å². The van der Waals surface area contributed by atoms with Gasteiger partial charge >= 0.3 is 0 Å². The molecule has 17 heavy (non-hydrogen) atoms. The van der Waals surface area contributed by atoms with Crippen molar-refractivity contribution in [3.63, 3.8) is 0 Å². The Hall–Kier alpha value is -0.680. The van der Waals surface area contributed by atoms with Crippen LogP contribution in [0.5, 0.6) is 0 Å². The van der Waals surface area contributed by atoms with Gasteiger partial charge in [-0.25, -0.2) is 0 Å². The number of carbonyl (C=O) groups is 1. The standard InChI is InChI=1S/C12H22N2O2S/c1-3-9(4-2)14-11(15)12(10(13)17)5-7-16-8-6-12/h9H,3-8H2,1-2H3,(H2,13,17)(H,14,15). The second-order valence-corrected chi connectivity index (χ2v) is 4.99. The summed E-state index contributed by atoms with van der Waals surface area (Å²) in [5.74, 6) is -0.0259. The van der Waals surface area contributed by atoms with E-state index in [1.54, 1.807) is 0 Å². The van der Waals surface area contributed by atoms with E-state index in [0.29, 0.717) is 31.0 Å². The van der Waals surface area contributed by atoms with E-state index >= 15 is 0 Å². The minimum Gasteiger partial charge on any atom is -0.392 e. The van der Waals surface area contributed by atoms with Crippen LogP contribution in [0.3, 0.4) is 0 Å². The SMILES string of the molecule is CCC(CC)NC(=O)C1(C(N)=S)CCOCC1. The number of nitrogens with two attached hydrogens (primary N) is 1. The molecule has 0 aliphatic carbocycles. The van der Waals surface area contributed by atoms with Gasteiger partial charge in [0.15, 0.2) is 0 Å². The summed E-state index contributed by atoms with van der Waals surface area (Å²) < 4.78 is 5.29. The lowest BCUT2D eigenvalue weighted by atomic mass is 9.79. The van der Waals surface area contributed by atoms with E-state index < -0.39 is 5.41 Å². The summed E-state index contributed by atoms with van der Waals surface area (Å²) in [5, 5.41) is 3.05. The molecule has 0 spiro atoms. The first-order valence-corrected chi connectivity index (χ1v) is 6.66. The van der Waals surface area contributed by atoms with Crippen LogP contribution >= 0.6 is 12.2 Å². The van der Waals surface area contributed by atoms with E-state index in [1.807, 2.05) is 0 Å². The van der Waals surface area contributed by atoms with E-state index in [4.69, 9.17) is 22.7 Å². The monoisotopic (exact) mass is 258 g/mol. The summed E-state index contributed by atoms with van der Waals surface area (Å²) >= 11 is 5.09. The number of rotatable bonds is 5. The number of hydrogen-bond acceptors (Lipinski definition) is 3. The molecule has 4 nitrogen and oxygen atoms in total. The number of thiocarbonyl (C=S) groups is 1. The highest BCUT2D eigenvalue weighted by molar-refractivity contribution is 7.80. The predicted octanol–water partition coefficient (Wildman–Crippen LogP) is 1.37. The van der Waals surface area contributed by atoms with E-state index in [-0.39, 0.29) is 11.9 Å². The normalized spacial score (nSPS) is 19.0. The first-order valence-electron chi connectivity index (χ1n) is 6.25. The van der Waals surface area contributed by atoms with Gasteiger partial charge in [0.25, 0.3) is 0 Å². The fourth-order valence-corrected chi connectivity index (χ4v) is 2.42. The minimum atomic E-state index is -0.698. The van der Waals surface area contributed by atoms with Crippen LogP contribution in [0.1, 0.15) is 39.5 Å². The van der Waals surface area contributed by atoms with Gasteiger partial charge in [0, 0.05) is 19.3 Å². The highest BCUT2D eigenvalue weighted by Crippen LogP contribution is 2.31. The molecule has 1 heterocycles. The third-order valence-corrected chi connectivity index (χ3v) is 3.96. The lowest BCUT2D eigenvalue weighted by molar-refractivity contribution is -0.132. The van der Waals surface area contributed by atoms with Gasteiger partial charge in [-0.1, -0.05) is 26.1 Å². The number of amides is 1.